The van der Waals surface area contributed by atoms with E-state index < -0.39 is 0 Å². The summed E-state index contributed by atoms with van der Waals surface area (Å²) in [5.41, 5.74) is 6.14. The third kappa shape index (κ3) is 3.24. The minimum Gasteiger partial charge on any atom is -0.466 e. The van der Waals surface area contributed by atoms with Crippen LogP contribution in [0.15, 0.2) is 0 Å². The van der Waals surface area contributed by atoms with Crippen molar-refractivity contribution in [3.63, 3.8) is 0 Å². The van der Waals surface area contributed by atoms with Gasteiger partial charge in [0.1, 0.15) is 4.99 Å². The summed E-state index contributed by atoms with van der Waals surface area (Å²) in [5, 5.41) is 0.599. The van der Waals surface area contributed by atoms with Gasteiger partial charge in [0.15, 0.2) is 5.01 Å². The number of hydrogen-bond acceptors (Lipinski definition) is 5. The Hall–Kier alpha value is -1.01. The number of aryl methyl sites for hydroxylation is 1. The Labute approximate surface area is 97.5 Å². The van der Waals surface area contributed by atoms with Crippen molar-refractivity contribution in [2.24, 2.45) is 5.73 Å². The number of carbonyl (C=O) groups is 1. The number of thiocarbonyl (C=S) groups is 1. The van der Waals surface area contributed by atoms with Gasteiger partial charge < -0.3 is 10.5 Å². The Morgan fingerprint density at radius 3 is 2.80 bits per heavy atom. The van der Waals surface area contributed by atoms with Crippen molar-refractivity contribution in [3.8, 4) is 0 Å². The number of carbonyl (C=O) groups excluding carboxylic acids is 1. The van der Waals surface area contributed by atoms with E-state index in [0.29, 0.717) is 17.3 Å². The molecule has 0 bridgehead atoms. The van der Waals surface area contributed by atoms with Crippen LogP contribution in [0.2, 0.25) is 0 Å². The molecule has 0 saturated carbocycles. The Morgan fingerprint density at radius 1 is 1.67 bits per heavy atom. The SMILES string of the molecule is CCOC(=O)Cc1nc(C(N)=S)sc1C. The summed E-state index contributed by atoms with van der Waals surface area (Å²) < 4.78 is 4.83. The first-order valence-corrected chi connectivity index (χ1v) is 5.68. The minimum absolute atomic E-state index is 0.179. The van der Waals surface area contributed by atoms with Gasteiger partial charge in [0.05, 0.1) is 18.7 Å². The summed E-state index contributed by atoms with van der Waals surface area (Å²) in [6, 6.07) is 0. The summed E-state index contributed by atoms with van der Waals surface area (Å²) in [6.07, 6.45) is 0.179. The molecule has 0 aliphatic heterocycles. The highest BCUT2D eigenvalue weighted by Crippen LogP contribution is 2.18. The van der Waals surface area contributed by atoms with Crippen molar-refractivity contribution in [3.05, 3.63) is 15.6 Å². The fourth-order valence-electron chi connectivity index (χ4n) is 1.05. The van der Waals surface area contributed by atoms with E-state index in [2.05, 4.69) is 4.98 Å². The molecular weight excluding hydrogens is 232 g/mol. The van der Waals surface area contributed by atoms with Crippen LogP contribution >= 0.6 is 23.6 Å². The summed E-state index contributed by atoms with van der Waals surface area (Å²) in [6.45, 7) is 4.03. The molecule has 0 aliphatic carbocycles. The lowest BCUT2D eigenvalue weighted by atomic mass is 10.3. The Morgan fingerprint density at radius 2 is 2.33 bits per heavy atom. The van der Waals surface area contributed by atoms with E-state index in [1.54, 1.807) is 6.92 Å². The fraction of sp³-hybridized carbons (Fsp3) is 0.444. The normalized spacial score (nSPS) is 10.0. The number of thiazole rings is 1. The van der Waals surface area contributed by atoms with Crippen LogP contribution in [-0.4, -0.2) is 22.5 Å². The van der Waals surface area contributed by atoms with Gasteiger partial charge in [0, 0.05) is 4.88 Å². The third-order valence-electron chi connectivity index (χ3n) is 1.72. The second-order valence-electron chi connectivity index (χ2n) is 2.87. The maximum Gasteiger partial charge on any atom is 0.311 e. The van der Waals surface area contributed by atoms with Gasteiger partial charge in [-0.3, -0.25) is 4.79 Å². The molecule has 0 aliphatic rings. The standard InChI is InChI=1S/C9H12N2O2S2/c1-3-13-7(12)4-6-5(2)15-9(11-6)8(10)14/h3-4H2,1-2H3,(H2,10,14). The first-order chi connectivity index (χ1) is 7.04. The van der Waals surface area contributed by atoms with E-state index >= 15 is 0 Å². The van der Waals surface area contributed by atoms with Gasteiger partial charge in [-0.2, -0.15) is 0 Å². The summed E-state index contributed by atoms with van der Waals surface area (Å²) in [7, 11) is 0. The van der Waals surface area contributed by atoms with Crippen molar-refractivity contribution >= 4 is 34.5 Å². The number of hydrogen-bond donors (Lipinski definition) is 1. The highest BCUT2D eigenvalue weighted by atomic mass is 32.1. The Balaban J connectivity index is 2.77. The smallest absolute Gasteiger partial charge is 0.311 e. The average Bonchev–Trinajstić information content (AvgIpc) is 2.48. The van der Waals surface area contributed by atoms with Crippen LogP contribution in [0, 0.1) is 6.92 Å². The second kappa shape index (κ2) is 5.18. The predicted octanol–water partition coefficient (Wildman–Crippen LogP) is 1.19. The Kier molecular flexibility index (Phi) is 4.16. The number of nitrogens with two attached hydrogens (primary N) is 1. The second-order valence-corrected chi connectivity index (χ2v) is 4.51. The van der Waals surface area contributed by atoms with E-state index in [4.69, 9.17) is 22.7 Å². The number of nitrogens with zero attached hydrogens (tertiary/aromatic N) is 1. The van der Waals surface area contributed by atoms with Crippen LogP contribution in [0.3, 0.4) is 0 Å². The Bertz CT molecular complexity index is 387. The number of aromatic nitrogens is 1. The first kappa shape index (κ1) is 12.1. The topological polar surface area (TPSA) is 65.2 Å². The van der Waals surface area contributed by atoms with Crippen LogP contribution in [0.4, 0.5) is 0 Å². The van der Waals surface area contributed by atoms with Gasteiger partial charge in [-0.1, -0.05) is 12.2 Å². The quantitative estimate of drug-likeness (QED) is 0.636. The molecule has 0 unspecified atom stereocenters. The van der Waals surface area contributed by atoms with Crippen LogP contribution in [0.25, 0.3) is 0 Å². The van der Waals surface area contributed by atoms with Crippen LogP contribution < -0.4 is 5.73 Å². The van der Waals surface area contributed by atoms with Gasteiger partial charge in [-0.05, 0) is 13.8 Å². The maximum absolute atomic E-state index is 11.2. The van der Waals surface area contributed by atoms with Crippen molar-refractivity contribution in [1.82, 2.24) is 4.98 Å². The van der Waals surface area contributed by atoms with Crippen LogP contribution in [0.5, 0.6) is 0 Å². The zero-order chi connectivity index (χ0) is 11.4. The van der Waals surface area contributed by atoms with Gasteiger partial charge in [-0.25, -0.2) is 4.98 Å². The molecule has 0 radical (unpaired) electrons. The van der Waals surface area contributed by atoms with Crippen molar-refractivity contribution in [2.45, 2.75) is 20.3 Å². The van der Waals surface area contributed by atoms with E-state index in [1.807, 2.05) is 6.92 Å². The van der Waals surface area contributed by atoms with Crippen molar-refractivity contribution in [1.29, 1.82) is 0 Å². The van der Waals surface area contributed by atoms with E-state index in [9.17, 15) is 4.79 Å². The molecule has 1 heterocycles. The predicted molar refractivity (Wildman–Crippen MR) is 63.1 cm³/mol. The van der Waals surface area contributed by atoms with Crippen molar-refractivity contribution in [2.75, 3.05) is 6.61 Å². The highest BCUT2D eigenvalue weighted by Gasteiger charge is 2.13. The molecule has 0 fully saturated rings. The number of rotatable bonds is 4. The summed E-state index contributed by atoms with van der Waals surface area (Å²) in [5.74, 6) is -0.277. The van der Waals surface area contributed by atoms with Gasteiger partial charge in [-0.15, -0.1) is 11.3 Å². The molecule has 82 valence electrons. The highest BCUT2D eigenvalue weighted by molar-refractivity contribution is 7.81. The van der Waals surface area contributed by atoms with E-state index in [1.165, 1.54) is 11.3 Å². The molecule has 2 N–H and O–H groups in total. The van der Waals surface area contributed by atoms with Gasteiger partial charge >= 0.3 is 5.97 Å². The third-order valence-corrected chi connectivity index (χ3v) is 3.09. The van der Waals surface area contributed by atoms with Crippen LogP contribution in [0.1, 0.15) is 22.5 Å². The number of esters is 1. The lowest BCUT2D eigenvalue weighted by Gasteiger charge is -1.99. The average molecular weight is 244 g/mol. The molecule has 15 heavy (non-hydrogen) atoms. The molecule has 0 atom stereocenters. The zero-order valence-electron chi connectivity index (χ0n) is 8.57. The largest absolute Gasteiger partial charge is 0.466 e. The molecule has 0 spiro atoms. The van der Waals surface area contributed by atoms with Crippen molar-refractivity contribution < 1.29 is 9.53 Å². The number of ether oxygens (including phenoxy) is 1. The summed E-state index contributed by atoms with van der Waals surface area (Å²) >= 11 is 6.21. The lowest BCUT2D eigenvalue weighted by Crippen LogP contribution is -2.11. The fourth-order valence-corrected chi connectivity index (χ4v) is 2.00. The van der Waals surface area contributed by atoms with Crippen LogP contribution in [-0.2, 0) is 16.0 Å². The molecular formula is C9H12N2O2S2. The molecule has 0 aromatic carbocycles. The lowest BCUT2D eigenvalue weighted by molar-refractivity contribution is -0.142. The minimum atomic E-state index is -0.277. The summed E-state index contributed by atoms with van der Waals surface area (Å²) in [4.78, 5) is 16.6. The molecule has 1 aromatic rings. The molecule has 1 rings (SSSR count). The molecule has 6 heteroatoms. The zero-order valence-corrected chi connectivity index (χ0v) is 10.2. The van der Waals surface area contributed by atoms with Gasteiger partial charge in [0.25, 0.3) is 0 Å². The monoisotopic (exact) mass is 244 g/mol. The maximum atomic E-state index is 11.2. The molecule has 0 amide bonds. The molecule has 4 nitrogen and oxygen atoms in total. The van der Waals surface area contributed by atoms with E-state index in [-0.39, 0.29) is 17.4 Å². The van der Waals surface area contributed by atoms with Gasteiger partial charge in [0.2, 0.25) is 0 Å². The molecule has 1 aromatic heterocycles. The van der Waals surface area contributed by atoms with E-state index in [0.717, 1.165) is 4.88 Å². The first-order valence-electron chi connectivity index (χ1n) is 4.46. The molecule has 0 saturated heterocycles.